The molecule has 2 unspecified atom stereocenters. The molecule has 0 radical (unpaired) electrons. The van der Waals surface area contributed by atoms with Crippen LogP contribution in [0.2, 0.25) is 0 Å². The third-order valence-corrected chi connectivity index (χ3v) is 3.52. The molecule has 1 aromatic carbocycles. The van der Waals surface area contributed by atoms with Crippen LogP contribution in [-0.4, -0.2) is 36.8 Å². The quantitative estimate of drug-likeness (QED) is 0.742. The number of aliphatic hydroxyl groups is 1. The summed E-state index contributed by atoms with van der Waals surface area (Å²) in [7, 11) is 0. The van der Waals surface area contributed by atoms with Gasteiger partial charge in [-0.1, -0.05) is 12.1 Å². The van der Waals surface area contributed by atoms with E-state index in [1.807, 2.05) is 0 Å². The van der Waals surface area contributed by atoms with Crippen LogP contribution < -0.4 is 10.6 Å². The van der Waals surface area contributed by atoms with Crippen LogP contribution >= 0.6 is 0 Å². The molecule has 1 amide bonds. The first-order valence-corrected chi connectivity index (χ1v) is 6.66. The average Bonchev–Trinajstić information content (AvgIpc) is 2.83. The van der Waals surface area contributed by atoms with E-state index in [1.54, 1.807) is 0 Å². The van der Waals surface area contributed by atoms with Crippen molar-refractivity contribution in [3.63, 3.8) is 0 Å². The number of carbonyl (C=O) groups is 1. The molecule has 1 fully saturated rings. The highest BCUT2D eigenvalue weighted by atomic mass is 19.2. The second-order valence-electron chi connectivity index (χ2n) is 5.00. The molecule has 0 aliphatic carbocycles. The molecule has 2 atom stereocenters. The summed E-state index contributed by atoms with van der Waals surface area (Å²) in [5.41, 5.74) is 0.197. The Hall–Kier alpha value is -1.53. The number of benzene rings is 1. The summed E-state index contributed by atoms with van der Waals surface area (Å²) < 4.78 is 26.4. The Morgan fingerprint density at radius 3 is 2.90 bits per heavy atom. The molecule has 110 valence electrons. The van der Waals surface area contributed by atoms with Crippen LogP contribution in [0.3, 0.4) is 0 Å². The van der Waals surface area contributed by atoms with Gasteiger partial charge in [0.2, 0.25) is 5.91 Å². The lowest BCUT2D eigenvalue weighted by Gasteiger charge is -2.14. The van der Waals surface area contributed by atoms with Gasteiger partial charge in [-0.25, -0.2) is 8.78 Å². The van der Waals surface area contributed by atoms with Crippen molar-refractivity contribution in [3.8, 4) is 0 Å². The first kappa shape index (κ1) is 14.9. The molecule has 3 N–H and O–H groups in total. The molecule has 1 aliphatic heterocycles. The Morgan fingerprint density at radius 2 is 2.20 bits per heavy atom. The lowest BCUT2D eigenvalue weighted by molar-refractivity contribution is -0.121. The van der Waals surface area contributed by atoms with Crippen molar-refractivity contribution in [1.29, 1.82) is 0 Å². The molecule has 2 rings (SSSR count). The average molecular weight is 284 g/mol. The van der Waals surface area contributed by atoms with Crippen LogP contribution in [-0.2, 0) is 11.2 Å². The van der Waals surface area contributed by atoms with Gasteiger partial charge >= 0.3 is 0 Å². The number of aryl methyl sites for hydroxylation is 1. The summed E-state index contributed by atoms with van der Waals surface area (Å²) in [6.07, 6.45) is -0.201. The SMILES string of the molecule is O=C(CCc1cccc(F)c1F)NCC1CNCC1O. The maximum Gasteiger partial charge on any atom is 0.220 e. The van der Waals surface area contributed by atoms with Crippen LogP contribution in [0.4, 0.5) is 8.78 Å². The monoisotopic (exact) mass is 284 g/mol. The standard InChI is InChI=1S/C14H18F2N2O2/c15-11-3-1-2-9(14(11)16)4-5-13(20)18-7-10-6-17-8-12(10)19/h1-3,10,12,17,19H,4-8H2,(H,18,20). The van der Waals surface area contributed by atoms with Gasteiger partial charge < -0.3 is 15.7 Å². The smallest absolute Gasteiger partial charge is 0.220 e. The molecule has 1 aliphatic rings. The van der Waals surface area contributed by atoms with Crippen molar-refractivity contribution < 1.29 is 18.7 Å². The predicted octanol–water partition coefficient (Wildman–Crippen LogP) is 0.594. The summed E-state index contributed by atoms with van der Waals surface area (Å²) in [5, 5.41) is 15.3. The van der Waals surface area contributed by atoms with Crippen LogP contribution in [0.5, 0.6) is 0 Å². The minimum atomic E-state index is -0.900. The van der Waals surface area contributed by atoms with Gasteiger partial charge in [-0.15, -0.1) is 0 Å². The normalized spacial score (nSPS) is 21.9. The fourth-order valence-electron chi connectivity index (χ4n) is 2.25. The van der Waals surface area contributed by atoms with Gasteiger partial charge in [-0.05, 0) is 18.1 Å². The number of aliphatic hydroxyl groups excluding tert-OH is 1. The third-order valence-electron chi connectivity index (χ3n) is 3.52. The second-order valence-corrected chi connectivity index (χ2v) is 5.00. The molecule has 4 nitrogen and oxygen atoms in total. The number of β-amino-alcohol motifs (C(OH)–C–C–N with tert-alkyl or cyclic N) is 1. The maximum absolute atomic E-state index is 13.4. The van der Waals surface area contributed by atoms with Gasteiger partial charge in [0.15, 0.2) is 11.6 Å². The maximum atomic E-state index is 13.4. The number of amides is 1. The Bertz CT molecular complexity index is 482. The first-order valence-electron chi connectivity index (χ1n) is 6.66. The van der Waals surface area contributed by atoms with Crippen molar-refractivity contribution >= 4 is 5.91 Å². The minimum Gasteiger partial charge on any atom is -0.391 e. The van der Waals surface area contributed by atoms with E-state index in [9.17, 15) is 18.7 Å². The lowest BCUT2D eigenvalue weighted by atomic mass is 10.1. The van der Waals surface area contributed by atoms with Crippen LogP contribution in [0, 0.1) is 17.6 Å². The van der Waals surface area contributed by atoms with E-state index in [1.165, 1.54) is 12.1 Å². The van der Waals surface area contributed by atoms with Crippen molar-refractivity contribution in [2.75, 3.05) is 19.6 Å². The Labute approximate surface area is 116 Å². The van der Waals surface area contributed by atoms with Gasteiger partial charge in [-0.2, -0.15) is 0 Å². The van der Waals surface area contributed by atoms with E-state index in [2.05, 4.69) is 10.6 Å². The molecule has 6 heteroatoms. The predicted molar refractivity (Wildman–Crippen MR) is 70.1 cm³/mol. The number of nitrogens with one attached hydrogen (secondary N) is 2. The highest BCUT2D eigenvalue weighted by Gasteiger charge is 2.24. The molecule has 1 aromatic rings. The topological polar surface area (TPSA) is 61.4 Å². The summed E-state index contributed by atoms with van der Waals surface area (Å²) >= 11 is 0. The van der Waals surface area contributed by atoms with Crippen LogP contribution in [0.15, 0.2) is 18.2 Å². The van der Waals surface area contributed by atoms with Crippen molar-refractivity contribution in [1.82, 2.24) is 10.6 Å². The van der Waals surface area contributed by atoms with Gasteiger partial charge in [0.1, 0.15) is 0 Å². The van der Waals surface area contributed by atoms with Crippen molar-refractivity contribution in [2.24, 2.45) is 5.92 Å². The molecular weight excluding hydrogens is 266 g/mol. The van der Waals surface area contributed by atoms with E-state index in [0.717, 1.165) is 6.07 Å². The molecule has 0 saturated carbocycles. The molecule has 1 saturated heterocycles. The molecule has 0 spiro atoms. The molecule has 1 heterocycles. The lowest BCUT2D eigenvalue weighted by Crippen LogP contribution is -2.34. The molecule has 0 bridgehead atoms. The van der Waals surface area contributed by atoms with Gasteiger partial charge in [-0.3, -0.25) is 4.79 Å². The number of hydrogen-bond donors (Lipinski definition) is 3. The number of halogens is 2. The summed E-state index contributed by atoms with van der Waals surface area (Å²) in [6.45, 7) is 1.59. The Kier molecular flexibility index (Phi) is 5.03. The molecule has 20 heavy (non-hydrogen) atoms. The molecular formula is C14H18F2N2O2. The Balaban J connectivity index is 1.76. The van der Waals surface area contributed by atoms with Crippen LogP contribution in [0.1, 0.15) is 12.0 Å². The zero-order chi connectivity index (χ0) is 14.5. The third kappa shape index (κ3) is 3.74. The number of rotatable bonds is 5. The fraction of sp³-hybridized carbons (Fsp3) is 0.500. The van der Waals surface area contributed by atoms with E-state index in [-0.39, 0.29) is 30.2 Å². The zero-order valence-electron chi connectivity index (χ0n) is 11.0. The van der Waals surface area contributed by atoms with Gasteiger partial charge in [0, 0.05) is 32.0 Å². The van der Waals surface area contributed by atoms with Crippen LogP contribution in [0.25, 0.3) is 0 Å². The van der Waals surface area contributed by atoms with E-state index < -0.39 is 17.7 Å². The summed E-state index contributed by atoms with van der Waals surface area (Å²) in [4.78, 5) is 11.6. The van der Waals surface area contributed by atoms with E-state index in [0.29, 0.717) is 19.6 Å². The second kappa shape index (κ2) is 6.76. The number of carbonyl (C=O) groups excluding carboxylic acids is 1. The first-order chi connectivity index (χ1) is 9.58. The zero-order valence-corrected chi connectivity index (χ0v) is 11.0. The van der Waals surface area contributed by atoms with E-state index in [4.69, 9.17) is 0 Å². The molecule has 0 aromatic heterocycles. The number of hydrogen-bond acceptors (Lipinski definition) is 3. The highest BCUT2D eigenvalue weighted by Crippen LogP contribution is 2.13. The van der Waals surface area contributed by atoms with Crippen molar-refractivity contribution in [3.05, 3.63) is 35.4 Å². The fourth-order valence-corrected chi connectivity index (χ4v) is 2.25. The highest BCUT2D eigenvalue weighted by molar-refractivity contribution is 5.76. The summed E-state index contributed by atoms with van der Waals surface area (Å²) in [6, 6.07) is 3.94. The Morgan fingerprint density at radius 1 is 1.40 bits per heavy atom. The summed E-state index contributed by atoms with van der Waals surface area (Å²) in [5.74, 6) is -2.02. The minimum absolute atomic E-state index is 0.00450. The largest absolute Gasteiger partial charge is 0.391 e. The van der Waals surface area contributed by atoms with Crippen molar-refractivity contribution in [2.45, 2.75) is 18.9 Å². The van der Waals surface area contributed by atoms with E-state index >= 15 is 0 Å². The van der Waals surface area contributed by atoms with Gasteiger partial charge in [0.05, 0.1) is 6.10 Å². The van der Waals surface area contributed by atoms with Gasteiger partial charge in [0.25, 0.3) is 0 Å².